The lowest BCUT2D eigenvalue weighted by atomic mass is 10.0. The number of rotatable bonds is 47. The number of aliphatic carboxylic acids is 1. The van der Waals surface area contributed by atoms with Crippen LogP contribution in [0.4, 0.5) is 0 Å². The molecule has 0 aromatic heterocycles. The molecule has 3 aromatic rings. The third kappa shape index (κ3) is 43.7. The van der Waals surface area contributed by atoms with Crippen molar-refractivity contribution in [3.8, 4) is 17.2 Å². The lowest BCUT2D eigenvalue weighted by molar-refractivity contribution is -0.142. The molecular weight excluding hydrogens is 1830 g/mol. The van der Waals surface area contributed by atoms with Gasteiger partial charge in [0, 0.05) is 70.0 Å². The second kappa shape index (κ2) is 62.3. The molecule has 13 amide bonds. The van der Waals surface area contributed by atoms with E-state index in [0.717, 1.165) is 21.6 Å². The number of nitrogens with zero attached hydrogens (tertiary/aromatic N) is 1. The number of carboxylic acids is 1. The van der Waals surface area contributed by atoms with Crippen molar-refractivity contribution in [1.82, 2.24) is 95.3 Å². The van der Waals surface area contributed by atoms with E-state index in [1.807, 2.05) is 0 Å². The minimum absolute atomic E-state index is 0.00139. The molecule has 138 heavy (non-hydrogen) atoms. The number of hydrogen-bond donors (Lipinski definition) is 35. The van der Waals surface area contributed by atoms with Crippen LogP contribution in [0.2, 0.25) is 0 Å². The molecule has 0 saturated carbocycles. The number of benzene rings is 3. The highest BCUT2D eigenvalue weighted by Gasteiger charge is 2.42. The van der Waals surface area contributed by atoms with E-state index in [1.165, 1.54) is 77.7 Å². The van der Waals surface area contributed by atoms with Crippen LogP contribution in [0.25, 0.3) is 0 Å². The maximum Gasteiger partial charge on any atom is 0.326 e. The number of nitrogens with two attached hydrogens (primary N) is 9. The summed E-state index contributed by atoms with van der Waals surface area (Å²) in [7, 11) is 1.50. The molecule has 14 unspecified atom stereocenters. The number of carbonyl (C=O) groups excluding carboxylic acids is 13. The van der Waals surface area contributed by atoms with Gasteiger partial charge in [-0.15, -0.1) is 0 Å². The summed E-state index contributed by atoms with van der Waals surface area (Å²) in [6, 6.07) is -6.04. The van der Waals surface area contributed by atoms with E-state index >= 15 is 52.7 Å². The molecule has 0 aliphatic carbocycles. The van der Waals surface area contributed by atoms with E-state index in [1.54, 1.807) is 0 Å². The number of fused-ring (bicyclic) bond motifs is 1. The van der Waals surface area contributed by atoms with Gasteiger partial charge >= 0.3 is 5.97 Å². The topological polar surface area (TPSA) is 881 Å². The molecule has 2 aliphatic heterocycles. The fourth-order valence-electron chi connectivity index (χ4n) is 14.7. The Kier molecular flexibility index (Phi) is 51.9. The molecule has 14 atom stereocenters. The molecule has 52 heteroatoms. The number of nitrogens with one attached hydrogen (secondary N) is 22. The Morgan fingerprint density at radius 1 is 0.399 bits per heavy atom. The lowest BCUT2D eigenvalue weighted by Gasteiger charge is -2.31. The van der Waals surface area contributed by atoms with Crippen molar-refractivity contribution in [3.05, 3.63) is 89.5 Å². The number of phenolic OH excluding ortho intramolecular Hbond substituents is 3. The van der Waals surface area contributed by atoms with Crippen LogP contribution in [0.1, 0.15) is 152 Å². The molecule has 2 aliphatic rings. The van der Waals surface area contributed by atoms with Crippen molar-refractivity contribution in [3.63, 3.8) is 0 Å². The Morgan fingerprint density at radius 3 is 1.18 bits per heavy atom. The van der Waals surface area contributed by atoms with Gasteiger partial charge in [0.05, 0.1) is 6.04 Å². The van der Waals surface area contributed by atoms with Crippen LogP contribution in [-0.2, 0) is 86.4 Å². The molecule has 0 bridgehead atoms. The summed E-state index contributed by atoms with van der Waals surface area (Å²) in [6.07, 6.45) is -0.516. The summed E-state index contributed by atoms with van der Waals surface area (Å²) < 4.78 is 0. The first-order valence-electron chi connectivity index (χ1n) is 45.8. The molecule has 0 radical (unpaired) electrons. The number of hydrogen-bond acceptors (Lipinski definition) is 28. The highest BCUT2D eigenvalue weighted by Crippen LogP contribution is 2.26. The number of aromatic hydroxyl groups is 3. The Morgan fingerprint density at radius 2 is 0.754 bits per heavy atom. The fourth-order valence-corrected chi connectivity index (χ4v) is 17.1. The molecule has 2 heterocycles. The normalized spacial score (nSPS) is 20.6. The average Bonchev–Trinajstić information content (AvgIpc) is 1.65. The van der Waals surface area contributed by atoms with Crippen molar-refractivity contribution in [2.45, 2.75) is 239 Å². The lowest BCUT2D eigenvalue weighted by Crippen LogP contribution is -2.61. The van der Waals surface area contributed by atoms with Crippen LogP contribution >= 0.6 is 21.6 Å². The van der Waals surface area contributed by atoms with Crippen molar-refractivity contribution >= 4 is 134 Å². The maximum atomic E-state index is 15.9. The highest BCUT2D eigenvalue weighted by molar-refractivity contribution is 8.76. The van der Waals surface area contributed by atoms with E-state index in [2.05, 4.69) is 90.4 Å². The number of unbranched alkanes of at least 4 members (excludes halogenated alkanes) is 3. The van der Waals surface area contributed by atoms with Gasteiger partial charge in [-0.3, -0.25) is 89.4 Å². The molecule has 764 valence electrons. The van der Waals surface area contributed by atoms with Gasteiger partial charge < -0.3 is 167 Å². The van der Waals surface area contributed by atoms with Gasteiger partial charge in [-0.05, 0) is 208 Å². The number of guanidine groups is 5. The summed E-state index contributed by atoms with van der Waals surface area (Å²) in [4.78, 5) is 212. The van der Waals surface area contributed by atoms with Gasteiger partial charge in [-0.2, -0.15) is 0 Å². The number of carbonyl (C=O) groups is 14. The van der Waals surface area contributed by atoms with Gasteiger partial charge in [0.1, 0.15) is 95.8 Å². The van der Waals surface area contributed by atoms with Gasteiger partial charge in [-0.25, -0.2) is 4.79 Å². The Bertz CT molecular complexity index is 4530. The van der Waals surface area contributed by atoms with Crippen molar-refractivity contribution < 1.29 is 87.5 Å². The summed E-state index contributed by atoms with van der Waals surface area (Å²) in [5.41, 5.74) is 53.0. The zero-order chi connectivity index (χ0) is 102. The average molecular weight is 1970 g/mol. The van der Waals surface area contributed by atoms with Crippen LogP contribution in [-0.4, -0.2) is 293 Å². The van der Waals surface area contributed by atoms with Crippen LogP contribution < -0.4 is 142 Å². The summed E-state index contributed by atoms with van der Waals surface area (Å²) in [5.74, 6) is -18.3. The standard InChI is InChI=1S/C86H140N32O18S2/c87-34-4-1-14-55-71(125)111-60(16-3-6-36-89)80(134)118-42-12-21-67(118)79(133)115-64(45-50-26-32-53(121)33-27-50)75(129)110-59(19-10-40-104-85(97)98)70(124)108-56(15-2-5-35-88)73(127)116-65(77(131)112-61(81(135)136)20-11-41-105-86(99)100)46-137-138-47-66(78(132)114-62(43-48-22-28-51(119)29-23-48)74(128)109-58(69(123)107-55)18-9-39-103-84(95)96)117-76(130)63(44-49-24-30-52(120)31-25-49)113-72(126)57(17-8-38-102-83(93)94)106-68(122)54(90)13-7-37-101-82(91)92/h22-33,54-67,119-121H,1-21,34-47,87-90H2,(H,106,122)(H,107,123)(H,108,124)(H,109,128)(H,110,129)(H,111,125)(H,112,131)(H,113,126)(H,114,132)(H,115,133)(H,116,127)(H,117,130)(H,135,136)(H4,91,92,101)(H4,93,94,102)(H4,95,96,103)(H4,97,98,104)(H4,99,100,105). The van der Waals surface area contributed by atoms with E-state index in [9.17, 15) is 34.8 Å². The molecule has 5 rings (SSSR count). The van der Waals surface area contributed by atoms with Gasteiger partial charge in [0.15, 0.2) is 29.8 Å². The predicted octanol–water partition coefficient (Wildman–Crippen LogP) is -6.85. The zero-order valence-corrected chi connectivity index (χ0v) is 78.9. The van der Waals surface area contributed by atoms with E-state index in [0.29, 0.717) is 24.0 Å². The van der Waals surface area contributed by atoms with Crippen molar-refractivity contribution in [2.75, 3.05) is 70.4 Å². The van der Waals surface area contributed by atoms with E-state index in [-0.39, 0.29) is 216 Å². The Labute approximate surface area is 807 Å². The Hall–Kier alpha value is -13.5. The third-order valence-corrected chi connectivity index (χ3v) is 24.6. The smallest absolute Gasteiger partial charge is 0.326 e. The minimum atomic E-state index is -1.90. The fraction of sp³-hybridized carbons (Fsp3) is 0.570. The maximum absolute atomic E-state index is 15.9. The molecule has 3 aromatic carbocycles. The Balaban J connectivity index is 1.82. The molecule has 44 N–H and O–H groups in total. The van der Waals surface area contributed by atoms with Crippen molar-refractivity contribution in [2.24, 2.45) is 51.6 Å². The van der Waals surface area contributed by atoms with Crippen molar-refractivity contribution in [1.29, 1.82) is 27.0 Å². The monoisotopic (exact) mass is 1970 g/mol. The first kappa shape index (κ1) is 115. The molecule has 0 spiro atoms. The van der Waals surface area contributed by atoms with E-state index < -0.39 is 216 Å². The third-order valence-electron chi connectivity index (χ3n) is 22.2. The number of phenols is 3. The molecular formula is C86H140N32O18S2. The second-order valence-corrected chi connectivity index (χ2v) is 35.9. The van der Waals surface area contributed by atoms with Crippen LogP contribution in [0, 0.1) is 27.0 Å². The zero-order valence-electron chi connectivity index (χ0n) is 77.2. The highest BCUT2D eigenvalue weighted by atomic mass is 33.1. The summed E-state index contributed by atoms with van der Waals surface area (Å²) >= 11 is 0. The molecule has 50 nitrogen and oxygen atoms in total. The van der Waals surface area contributed by atoms with Crippen LogP contribution in [0.5, 0.6) is 17.2 Å². The van der Waals surface area contributed by atoms with Crippen LogP contribution in [0.3, 0.4) is 0 Å². The quantitative estimate of drug-likeness (QED) is 0.0108. The first-order chi connectivity index (χ1) is 65.8. The second-order valence-electron chi connectivity index (χ2n) is 33.3. The van der Waals surface area contributed by atoms with Gasteiger partial charge in [0.25, 0.3) is 0 Å². The van der Waals surface area contributed by atoms with Gasteiger partial charge in [-0.1, -0.05) is 58.0 Å². The van der Waals surface area contributed by atoms with Gasteiger partial charge in [0.2, 0.25) is 76.8 Å². The summed E-state index contributed by atoms with van der Waals surface area (Å²) in [6.45, 7) is 0.344. The predicted molar refractivity (Wildman–Crippen MR) is 518 cm³/mol. The first-order valence-corrected chi connectivity index (χ1v) is 48.3. The van der Waals surface area contributed by atoms with Crippen LogP contribution in [0.15, 0.2) is 72.8 Å². The minimum Gasteiger partial charge on any atom is -0.508 e. The molecule has 2 saturated heterocycles. The molecule has 2 fully saturated rings. The largest absolute Gasteiger partial charge is 0.508 e. The number of amides is 13. The SMILES string of the molecule is N=C(N)NCCCC(N)C(=O)NC(CCCNC(=N)N)C(=O)NC(Cc1ccc(O)cc1)C(=O)NC1CSSCC(C(=O)NC(CCCNC(=N)N)C(=O)O)NC(=O)C(CCCCN)NC(=O)C(CCCNC(=N)N)NC(=O)C(Cc2ccc(O)cc2)NC(=O)C2CCCN2C(=O)C(CCCCN)NC(=O)C(CCCCN)NC(=O)C(CCCNC(=N)N)NC(=O)C(Cc2ccc(O)cc2)NC1=O. The number of carboxylic acid groups (broad SMARTS) is 1. The summed E-state index contributed by atoms with van der Waals surface area (Å²) in [5, 5.41) is 126. The van der Waals surface area contributed by atoms with E-state index in [4.69, 9.17) is 78.6 Å².